The molecular weight excluding hydrogens is 345 g/mol. The third-order valence-electron chi connectivity index (χ3n) is 3.27. The van der Waals surface area contributed by atoms with E-state index in [1.54, 1.807) is 23.9 Å². The summed E-state index contributed by atoms with van der Waals surface area (Å²) >= 11 is 0. The zero-order valence-corrected chi connectivity index (χ0v) is 14.1. The summed E-state index contributed by atoms with van der Waals surface area (Å²) in [6, 6.07) is 2.65. The highest BCUT2D eigenvalue weighted by molar-refractivity contribution is 7.89. The van der Waals surface area contributed by atoms with Crippen LogP contribution >= 0.6 is 0 Å². The van der Waals surface area contributed by atoms with Crippen LogP contribution in [0.4, 0.5) is 13.2 Å². The van der Waals surface area contributed by atoms with Crippen molar-refractivity contribution >= 4 is 10.0 Å². The molecule has 0 fully saturated rings. The van der Waals surface area contributed by atoms with Crippen LogP contribution in [0.3, 0.4) is 0 Å². The average molecular weight is 362 g/mol. The van der Waals surface area contributed by atoms with Crippen LogP contribution in [0.25, 0.3) is 0 Å². The molecule has 0 saturated heterocycles. The monoisotopic (exact) mass is 362 g/mol. The molecule has 0 spiro atoms. The van der Waals surface area contributed by atoms with Gasteiger partial charge in [-0.25, -0.2) is 18.1 Å². The van der Waals surface area contributed by atoms with Gasteiger partial charge in [0, 0.05) is 18.4 Å². The summed E-state index contributed by atoms with van der Waals surface area (Å²) in [7, 11) is -4.06. The van der Waals surface area contributed by atoms with E-state index in [1.807, 2.05) is 13.8 Å². The number of alkyl halides is 3. The van der Waals surface area contributed by atoms with Crippen LogP contribution in [0.1, 0.15) is 44.1 Å². The summed E-state index contributed by atoms with van der Waals surface area (Å²) in [6.45, 7) is 5.45. The number of nitrogens with zero attached hydrogens (tertiary/aromatic N) is 3. The molecule has 1 atom stereocenters. The van der Waals surface area contributed by atoms with Gasteiger partial charge in [0.15, 0.2) is 5.03 Å². The van der Waals surface area contributed by atoms with Gasteiger partial charge in [-0.3, -0.25) is 4.68 Å². The third kappa shape index (κ3) is 4.12. The molecule has 0 radical (unpaired) electrons. The summed E-state index contributed by atoms with van der Waals surface area (Å²) in [4.78, 5) is 3.40. The Morgan fingerprint density at radius 3 is 2.29 bits per heavy atom. The summed E-state index contributed by atoms with van der Waals surface area (Å²) in [5.74, 6) is 0. The SMILES string of the molecule is CC(NS(=O)(=O)c1ccc(C(F)(F)F)cn1)c1ccn(C(C)C)n1. The quantitative estimate of drug-likeness (QED) is 0.887. The Bertz CT molecular complexity index is 798. The molecule has 2 rings (SSSR count). The summed E-state index contributed by atoms with van der Waals surface area (Å²) in [6.07, 6.45) is -2.35. The first kappa shape index (κ1) is 18.4. The Morgan fingerprint density at radius 2 is 1.83 bits per heavy atom. The second-order valence-electron chi connectivity index (χ2n) is 5.54. The fourth-order valence-corrected chi connectivity index (χ4v) is 3.08. The molecule has 0 aliphatic heterocycles. The molecule has 0 aliphatic rings. The number of halogens is 3. The molecule has 2 aromatic heterocycles. The molecule has 1 N–H and O–H groups in total. The van der Waals surface area contributed by atoms with Gasteiger partial charge in [-0.15, -0.1) is 0 Å². The van der Waals surface area contributed by atoms with Crippen LogP contribution in [0, 0.1) is 0 Å². The first-order chi connectivity index (χ1) is 11.0. The number of hydrogen-bond acceptors (Lipinski definition) is 4. The van der Waals surface area contributed by atoms with E-state index in [-0.39, 0.29) is 6.04 Å². The molecule has 10 heteroatoms. The van der Waals surface area contributed by atoms with Crippen LogP contribution in [0.15, 0.2) is 35.6 Å². The molecule has 0 aromatic carbocycles. The Hall–Kier alpha value is -1.94. The fraction of sp³-hybridized carbons (Fsp3) is 0.429. The van der Waals surface area contributed by atoms with E-state index in [2.05, 4.69) is 14.8 Å². The van der Waals surface area contributed by atoms with Gasteiger partial charge in [0.1, 0.15) is 0 Å². The number of hydrogen-bond donors (Lipinski definition) is 1. The van der Waals surface area contributed by atoms with Crippen LogP contribution in [-0.2, 0) is 16.2 Å². The Morgan fingerprint density at radius 1 is 1.17 bits per heavy atom. The van der Waals surface area contributed by atoms with Crippen molar-refractivity contribution in [1.29, 1.82) is 0 Å². The highest BCUT2D eigenvalue weighted by atomic mass is 32.2. The van der Waals surface area contributed by atoms with Crippen molar-refractivity contribution in [2.45, 2.75) is 44.1 Å². The van der Waals surface area contributed by atoms with Crippen LogP contribution in [-0.4, -0.2) is 23.2 Å². The molecule has 0 aliphatic carbocycles. The summed E-state index contributed by atoms with van der Waals surface area (Å²) in [5, 5.41) is 3.77. The van der Waals surface area contributed by atoms with E-state index in [4.69, 9.17) is 0 Å². The van der Waals surface area contributed by atoms with Crippen molar-refractivity contribution in [3.63, 3.8) is 0 Å². The van der Waals surface area contributed by atoms with E-state index < -0.39 is 32.8 Å². The highest BCUT2D eigenvalue weighted by Crippen LogP contribution is 2.28. The molecule has 2 aromatic rings. The highest BCUT2D eigenvalue weighted by Gasteiger charge is 2.31. The maximum absolute atomic E-state index is 12.5. The van der Waals surface area contributed by atoms with Gasteiger partial charge >= 0.3 is 6.18 Å². The van der Waals surface area contributed by atoms with Crippen molar-refractivity contribution in [2.75, 3.05) is 0 Å². The van der Waals surface area contributed by atoms with Crippen molar-refractivity contribution in [3.8, 4) is 0 Å². The lowest BCUT2D eigenvalue weighted by atomic mass is 10.3. The van der Waals surface area contributed by atoms with Gasteiger partial charge in [0.05, 0.1) is 17.3 Å². The van der Waals surface area contributed by atoms with E-state index in [1.165, 1.54) is 0 Å². The van der Waals surface area contributed by atoms with Crippen molar-refractivity contribution in [1.82, 2.24) is 19.5 Å². The van der Waals surface area contributed by atoms with Gasteiger partial charge in [0.2, 0.25) is 0 Å². The van der Waals surface area contributed by atoms with Gasteiger partial charge in [0.25, 0.3) is 10.0 Å². The smallest absolute Gasteiger partial charge is 0.270 e. The molecule has 132 valence electrons. The topological polar surface area (TPSA) is 76.9 Å². The lowest BCUT2D eigenvalue weighted by Crippen LogP contribution is -2.28. The second kappa shape index (κ2) is 6.52. The molecule has 0 amide bonds. The second-order valence-corrected chi connectivity index (χ2v) is 7.20. The summed E-state index contributed by atoms with van der Waals surface area (Å²) < 4.78 is 66.0. The normalized spacial score (nSPS) is 14.1. The minimum atomic E-state index is -4.57. The van der Waals surface area contributed by atoms with Gasteiger partial charge < -0.3 is 0 Å². The first-order valence-electron chi connectivity index (χ1n) is 7.11. The summed E-state index contributed by atoms with van der Waals surface area (Å²) in [5.41, 5.74) is -0.510. The fourth-order valence-electron chi connectivity index (χ4n) is 1.93. The van der Waals surface area contributed by atoms with Crippen LogP contribution in [0.2, 0.25) is 0 Å². The lowest BCUT2D eigenvalue weighted by Gasteiger charge is -2.13. The molecule has 2 heterocycles. The Balaban J connectivity index is 2.18. The number of aromatic nitrogens is 3. The first-order valence-corrected chi connectivity index (χ1v) is 8.59. The predicted octanol–water partition coefficient (Wildman–Crippen LogP) is 2.92. The maximum Gasteiger partial charge on any atom is 0.417 e. The van der Waals surface area contributed by atoms with E-state index in [9.17, 15) is 21.6 Å². The van der Waals surface area contributed by atoms with E-state index in [0.717, 1.165) is 6.07 Å². The molecule has 6 nitrogen and oxygen atoms in total. The molecule has 0 bridgehead atoms. The molecule has 0 saturated carbocycles. The van der Waals surface area contributed by atoms with Gasteiger partial charge in [-0.1, -0.05) is 0 Å². The number of pyridine rings is 1. The third-order valence-corrected chi connectivity index (χ3v) is 4.73. The Kier molecular flexibility index (Phi) is 5.00. The van der Waals surface area contributed by atoms with E-state index >= 15 is 0 Å². The molecule has 24 heavy (non-hydrogen) atoms. The van der Waals surface area contributed by atoms with Crippen molar-refractivity contribution in [2.24, 2.45) is 0 Å². The molecular formula is C14H17F3N4O2S. The zero-order valence-electron chi connectivity index (χ0n) is 13.2. The maximum atomic E-state index is 12.5. The van der Waals surface area contributed by atoms with Gasteiger partial charge in [-0.05, 0) is 39.0 Å². The minimum absolute atomic E-state index is 0.124. The number of nitrogens with one attached hydrogen (secondary N) is 1. The van der Waals surface area contributed by atoms with E-state index in [0.29, 0.717) is 18.0 Å². The van der Waals surface area contributed by atoms with Crippen molar-refractivity contribution < 1.29 is 21.6 Å². The predicted molar refractivity (Wildman–Crippen MR) is 80.6 cm³/mol. The van der Waals surface area contributed by atoms with Crippen LogP contribution < -0.4 is 4.72 Å². The number of sulfonamides is 1. The van der Waals surface area contributed by atoms with Crippen molar-refractivity contribution in [3.05, 3.63) is 41.9 Å². The molecule has 1 unspecified atom stereocenters. The average Bonchev–Trinajstić information content (AvgIpc) is 2.96. The largest absolute Gasteiger partial charge is 0.417 e. The zero-order chi connectivity index (χ0) is 18.1. The standard InChI is InChI=1S/C14H17F3N4O2S/c1-9(2)21-7-6-12(19-21)10(3)20-24(22,23)13-5-4-11(8-18-13)14(15,16)17/h4-10,20H,1-3H3. The lowest BCUT2D eigenvalue weighted by molar-refractivity contribution is -0.137. The Labute approximate surface area is 137 Å². The minimum Gasteiger partial charge on any atom is -0.270 e. The number of rotatable bonds is 5. The van der Waals surface area contributed by atoms with Gasteiger partial charge in [-0.2, -0.15) is 18.3 Å². The van der Waals surface area contributed by atoms with Crippen LogP contribution in [0.5, 0.6) is 0 Å².